The fourth-order valence-corrected chi connectivity index (χ4v) is 5.01. The van der Waals surface area contributed by atoms with Crippen molar-refractivity contribution in [2.24, 2.45) is 0 Å². The van der Waals surface area contributed by atoms with Gasteiger partial charge in [-0.25, -0.2) is 8.42 Å². The Morgan fingerprint density at radius 2 is 1.67 bits per heavy atom. The number of nitrogens with zero attached hydrogens (tertiary/aromatic N) is 2. The fourth-order valence-electron chi connectivity index (χ4n) is 3.49. The van der Waals surface area contributed by atoms with Crippen LogP contribution in [-0.2, 0) is 21.4 Å². The van der Waals surface area contributed by atoms with E-state index in [9.17, 15) is 18.0 Å². The van der Waals surface area contributed by atoms with Crippen LogP contribution in [0.25, 0.3) is 11.3 Å². The van der Waals surface area contributed by atoms with Gasteiger partial charge in [0, 0.05) is 31.3 Å². The summed E-state index contributed by atoms with van der Waals surface area (Å²) >= 11 is 0. The van der Waals surface area contributed by atoms with Gasteiger partial charge in [-0.3, -0.25) is 9.59 Å². The number of amides is 2. The number of sulfonamides is 1. The number of hydrogen-bond donors (Lipinski definition) is 2. The Morgan fingerprint density at radius 3 is 2.36 bits per heavy atom. The molecule has 33 heavy (non-hydrogen) atoms. The van der Waals surface area contributed by atoms with Crippen LogP contribution < -0.4 is 10.6 Å². The van der Waals surface area contributed by atoms with Gasteiger partial charge in [-0.1, -0.05) is 47.6 Å². The molecule has 3 aromatic rings. The Hall–Kier alpha value is -3.50. The van der Waals surface area contributed by atoms with E-state index in [-0.39, 0.29) is 29.6 Å². The van der Waals surface area contributed by atoms with E-state index in [1.54, 1.807) is 24.3 Å². The normalized spacial score (nSPS) is 14.2. The number of hydrogen-bond acceptors (Lipinski definition) is 6. The lowest BCUT2D eigenvalue weighted by Gasteiger charge is -2.15. The van der Waals surface area contributed by atoms with Gasteiger partial charge in [0.2, 0.25) is 15.9 Å². The van der Waals surface area contributed by atoms with Crippen LogP contribution in [0, 0.1) is 0 Å². The summed E-state index contributed by atoms with van der Waals surface area (Å²) < 4.78 is 31.8. The van der Waals surface area contributed by atoms with E-state index < -0.39 is 15.9 Å². The molecule has 1 aliphatic heterocycles. The highest BCUT2D eigenvalue weighted by Gasteiger charge is 2.26. The van der Waals surface area contributed by atoms with Crippen LogP contribution >= 0.6 is 0 Å². The molecule has 172 valence electrons. The lowest BCUT2D eigenvalue weighted by atomic mass is 10.1. The first kappa shape index (κ1) is 22.7. The van der Waals surface area contributed by atoms with E-state index >= 15 is 0 Å². The minimum Gasteiger partial charge on any atom is -0.355 e. The summed E-state index contributed by atoms with van der Waals surface area (Å²) in [6.07, 6.45) is 1.76. The molecule has 1 aromatic heterocycles. The molecular weight excluding hydrogens is 444 g/mol. The second-order valence-corrected chi connectivity index (χ2v) is 9.59. The highest BCUT2D eigenvalue weighted by Crippen LogP contribution is 2.21. The van der Waals surface area contributed by atoms with Gasteiger partial charge in [0.25, 0.3) is 5.91 Å². The van der Waals surface area contributed by atoms with Crippen molar-refractivity contribution in [3.8, 4) is 11.3 Å². The number of rotatable bonds is 8. The van der Waals surface area contributed by atoms with Crippen molar-refractivity contribution >= 4 is 21.8 Å². The van der Waals surface area contributed by atoms with E-state index in [4.69, 9.17) is 4.52 Å². The van der Waals surface area contributed by atoms with Crippen LogP contribution in [-0.4, -0.2) is 49.3 Å². The standard InChI is InChI=1S/C23H24N4O5S/c28-22(16-25-23(29)20-14-21(32-26-20)18-6-2-1-3-7-18)24-15-17-8-10-19(11-9-17)33(30,31)27-12-4-5-13-27/h1-3,6-11,14H,4-5,12-13,15-16H2,(H,24,28)(H,25,29). The Balaban J connectivity index is 1.25. The van der Waals surface area contributed by atoms with E-state index in [1.165, 1.54) is 10.4 Å². The monoisotopic (exact) mass is 468 g/mol. The summed E-state index contributed by atoms with van der Waals surface area (Å²) in [5.41, 5.74) is 1.62. The van der Waals surface area contributed by atoms with Crippen LogP contribution in [0.3, 0.4) is 0 Å². The van der Waals surface area contributed by atoms with Crippen molar-refractivity contribution in [3.63, 3.8) is 0 Å². The number of benzene rings is 2. The maximum Gasteiger partial charge on any atom is 0.273 e. The molecule has 1 saturated heterocycles. The molecule has 9 nitrogen and oxygen atoms in total. The van der Waals surface area contributed by atoms with Crippen LogP contribution in [0.5, 0.6) is 0 Å². The van der Waals surface area contributed by atoms with Gasteiger partial charge in [0.15, 0.2) is 11.5 Å². The molecule has 0 spiro atoms. The first-order valence-electron chi connectivity index (χ1n) is 10.6. The second kappa shape index (κ2) is 9.97. The first-order valence-corrected chi connectivity index (χ1v) is 12.0. The van der Waals surface area contributed by atoms with Gasteiger partial charge in [-0.05, 0) is 30.5 Å². The molecule has 1 aliphatic rings. The minimum absolute atomic E-state index is 0.0800. The van der Waals surface area contributed by atoms with Gasteiger partial charge in [-0.2, -0.15) is 4.31 Å². The Bertz CT molecular complexity index is 1220. The third kappa shape index (κ3) is 5.47. The average Bonchev–Trinajstić information content (AvgIpc) is 3.55. The van der Waals surface area contributed by atoms with Crippen molar-refractivity contribution in [2.45, 2.75) is 24.3 Å². The number of carbonyl (C=O) groups is 2. The number of carbonyl (C=O) groups excluding carboxylic acids is 2. The Labute approximate surface area is 191 Å². The summed E-state index contributed by atoms with van der Waals surface area (Å²) in [4.78, 5) is 24.6. The molecule has 0 saturated carbocycles. The average molecular weight is 469 g/mol. The van der Waals surface area contributed by atoms with Gasteiger partial charge < -0.3 is 15.2 Å². The minimum atomic E-state index is -3.46. The maximum absolute atomic E-state index is 12.6. The van der Waals surface area contributed by atoms with Crippen LogP contribution in [0.15, 0.2) is 70.1 Å². The second-order valence-electron chi connectivity index (χ2n) is 7.66. The summed E-state index contributed by atoms with van der Waals surface area (Å²) in [7, 11) is -3.46. The molecule has 0 bridgehead atoms. The smallest absolute Gasteiger partial charge is 0.273 e. The summed E-state index contributed by atoms with van der Waals surface area (Å²) in [5, 5.41) is 8.94. The molecule has 2 aromatic carbocycles. The van der Waals surface area contributed by atoms with Crippen LogP contribution in [0.2, 0.25) is 0 Å². The highest BCUT2D eigenvalue weighted by atomic mass is 32.2. The number of nitrogens with one attached hydrogen (secondary N) is 2. The van der Waals surface area contributed by atoms with Crippen LogP contribution in [0.4, 0.5) is 0 Å². The van der Waals surface area contributed by atoms with Crippen molar-refractivity contribution in [1.82, 2.24) is 20.1 Å². The van der Waals surface area contributed by atoms with Crippen molar-refractivity contribution in [2.75, 3.05) is 19.6 Å². The molecule has 1 fully saturated rings. The van der Waals surface area contributed by atoms with Gasteiger partial charge in [0.1, 0.15) is 0 Å². The topological polar surface area (TPSA) is 122 Å². The van der Waals surface area contributed by atoms with Crippen molar-refractivity contribution < 1.29 is 22.5 Å². The molecule has 0 radical (unpaired) electrons. The fraction of sp³-hybridized carbons (Fsp3) is 0.261. The Morgan fingerprint density at radius 1 is 0.970 bits per heavy atom. The molecule has 0 unspecified atom stereocenters. The van der Waals surface area contributed by atoms with Gasteiger partial charge in [-0.15, -0.1) is 0 Å². The third-order valence-corrected chi connectivity index (χ3v) is 7.24. The van der Waals surface area contributed by atoms with E-state index in [1.807, 2.05) is 30.3 Å². The molecule has 2 amide bonds. The lowest BCUT2D eigenvalue weighted by Crippen LogP contribution is -2.36. The van der Waals surface area contributed by atoms with Crippen molar-refractivity contribution in [3.05, 3.63) is 71.9 Å². The van der Waals surface area contributed by atoms with Crippen molar-refractivity contribution in [1.29, 1.82) is 0 Å². The zero-order valence-corrected chi connectivity index (χ0v) is 18.7. The highest BCUT2D eigenvalue weighted by molar-refractivity contribution is 7.89. The third-order valence-electron chi connectivity index (χ3n) is 5.33. The van der Waals surface area contributed by atoms with E-state index in [0.29, 0.717) is 18.8 Å². The zero-order valence-electron chi connectivity index (χ0n) is 17.9. The molecule has 2 N–H and O–H groups in total. The predicted octanol–water partition coefficient (Wildman–Crippen LogP) is 2.17. The molecule has 2 heterocycles. The molecule has 0 aliphatic carbocycles. The summed E-state index contributed by atoms with van der Waals surface area (Å²) in [6.45, 7) is 1.08. The molecule has 0 atom stereocenters. The van der Waals surface area contributed by atoms with Gasteiger partial charge in [0.05, 0.1) is 11.4 Å². The van der Waals surface area contributed by atoms with Gasteiger partial charge >= 0.3 is 0 Å². The predicted molar refractivity (Wildman–Crippen MR) is 121 cm³/mol. The molecule has 4 rings (SSSR count). The molecule has 10 heteroatoms. The maximum atomic E-state index is 12.6. The van der Waals surface area contributed by atoms with E-state index in [2.05, 4.69) is 15.8 Å². The largest absolute Gasteiger partial charge is 0.355 e. The van der Waals surface area contributed by atoms with E-state index in [0.717, 1.165) is 24.0 Å². The zero-order chi connectivity index (χ0) is 23.3. The summed E-state index contributed by atoms with van der Waals surface area (Å²) in [5.74, 6) is -0.447. The SMILES string of the molecule is O=C(CNC(=O)c1cc(-c2ccccc2)on1)NCc1ccc(S(=O)(=O)N2CCCC2)cc1. The number of aromatic nitrogens is 1. The first-order chi connectivity index (χ1) is 15.9. The van der Waals surface area contributed by atoms with Crippen LogP contribution in [0.1, 0.15) is 28.9 Å². The Kier molecular flexibility index (Phi) is 6.85. The lowest BCUT2D eigenvalue weighted by molar-refractivity contribution is -0.120. The summed E-state index contributed by atoms with van der Waals surface area (Å²) in [6, 6.07) is 17.2. The molecular formula is C23H24N4O5S. The quantitative estimate of drug-likeness (QED) is 0.523.